The number of nitrogens with zero attached hydrogens (tertiary/aromatic N) is 1. The molecule has 162 valence electrons. The van der Waals surface area contributed by atoms with E-state index in [0.717, 1.165) is 44.3 Å². The van der Waals surface area contributed by atoms with E-state index in [1.807, 2.05) is 43.3 Å². The number of aryl methyl sites for hydroxylation is 1. The number of carbonyl (C=O) groups excluding carboxylic acids is 3. The van der Waals surface area contributed by atoms with Crippen molar-refractivity contribution in [3.8, 4) is 5.75 Å². The molecule has 3 aromatic rings. The van der Waals surface area contributed by atoms with E-state index < -0.39 is 17.1 Å². The maximum absolute atomic E-state index is 12.9. The van der Waals surface area contributed by atoms with Crippen molar-refractivity contribution in [2.45, 2.75) is 6.92 Å². The van der Waals surface area contributed by atoms with Crippen molar-refractivity contribution in [1.29, 1.82) is 0 Å². The van der Waals surface area contributed by atoms with E-state index in [1.54, 1.807) is 31.4 Å². The first kappa shape index (κ1) is 21.9. The summed E-state index contributed by atoms with van der Waals surface area (Å²) >= 11 is 6.90. The predicted octanol–water partition coefficient (Wildman–Crippen LogP) is 5.49. The molecule has 3 amide bonds. The second-order valence-electron chi connectivity index (χ2n) is 7.18. The Kier molecular flexibility index (Phi) is 6.21. The Balaban J connectivity index is 1.54. The second kappa shape index (κ2) is 9.06. The van der Waals surface area contributed by atoms with Gasteiger partial charge in [0.2, 0.25) is 5.91 Å². The van der Waals surface area contributed by atoms with Gasteiger partial charge in [-0.2, -0.15) is 0 Å². The van der Waals surface area contributed by atoms with Crippen molar-refractivity contribution >= 4 is 63.0 Å². The largest absolute Gasteiger partial charge is 0.496 e. The van der Waals surface area contributed by atoms with E-state index in [2.05, 4.69) is 5.32 Å². The Morgan fingerprint density at radius 1 is 1.12 bits per heavy atom. The number of imide groups is 1. The molecule has 1 N–H and O–H groups in total. The molecule has 0 aliphatic carbocycles. The topological polar surface area (TPSA) is 75.7 Å². The Labute approximate surface area is 194 Å². The summed E-state index contributed by atoms with van der Waals surface area (Å²) < 4.78 is 5.41. The Morgan fingerprint density at radius 3 is 2.59 bits per heavy atom. The van der Waals surface area contributed by atoms with Gasteiger partial charge in [-0.1, -0.05) is 48.0 Å². The molecule has 4 rings (SSSR count). The van der Waals surface area contributed by atoms with Crippen LogP contribution in [0.5, 0.6) is 5.75 Å². The summed E-state index contributed by atoms with van der Waals surface area (Å²) in [7, 11) is 1.60. The molecule has 1 aliphatic heterocycles. The minimum absolute atomic E-state index is 0.261. The lowest BCUT2D eigenvalue weighted by molar-refractivity contribution is -0.127. The fourth-order valence-corrected chi connectivity index (χ4v) is 4.40. The van der Waals surface area contributed by atoms with Gasteiger partial charge in [0.15, 0.2) is 0 Å². The average Bonchev–Trinajstić information content (AvgIpc) is 3.04. The zero-order valence-electron chi connectivity index (χ0n) is 17.3. The number of fused-ring (bicyclic) bond motifs is 1. The minimum atomic E-state index is -0.503. The van der Waals surface area contributed by atoms with Gasteiger partial charge < -0.3 is 10.1 Å². The molecule has 8 heteroatoms. The standard InChI is InChI=1S/C24H19ClN2O4S/c1-14-7-9-16(12-19(14)25)26-22(28)13-27-23(29)21(32-24(27)30)11-15-8-10-20(31-2)18-6-4-3-5-17(15)18/h3-12H,13H2,1-2H3,(H,26,28)/b21-11+. The zero-order valence-corrected chi connectivity index (χ0v) is 18.9. The van der Waals surface area contributed by atoms with Crippen LogP contribution >= 0.6 is 23.4 Å². The molecule has 0 bridgehead atoms. The van der Waals surface area contributed by atoms with Crippen molar-refractivity contribution < 1.29 is 19.1 Å². The summed E-state index contributed by atoms with van der Waals surface area (Å²) in [6.45, 7) is 1.48. The highest BCUT2D eigenvalue weighted by atomic mass is 35.5. The van der Waals surface area contributed by atoms with Crippen LogP contribution in [0.15, 0.2) is 59.5 Å². The van der Waals surface area contributed by atoms with Crippen molar-refractivity contribution in [2.24, 2.45) is 0 Å². The van der Waals surface area contributed by atoms with Gasteiger partial charge in [0, 0.05) is 16.1 Å². The second-order valence-corrected chi connectivity index (χ2v) is 8.58. The number of ether oxygens (including phenoxy) is 1. The van der Waals surface area contributed by atoms with Gasteiger partial charge in [-0.25, -0.2) is 0 Å². The average molecular weight is 467 g/mol. The third kappa shape index (κ3) is 4.35. The summed E-state index contributed by atoms with van der Waals surface area (Å²) in [4.78, 5) is 38.9. The first-order valence-corrected chi connectivity index (χ1v) is 10.9. The lowest BCUT2D eigenvalue weighted by atomic mass is 10.0. The van der Waals surface area contributed by atoms with Crippen LogP contribution in [-0.2, 0) is 9.59 Å². The van der Waals surface area contributed by atoms with E-state index in [9.17, 15) is 14.4 Å². The van der Waals surface area contributed by atoms with Crippen molar-refractivity contribution in [1.82, 2.24) is 4.90 Å². The van der Waals surface area contributed by atoms with Crippen LogP contribution in [0.4, 0.5) is 10.5 Å². The SMILES string of the molecule is COc1ccc(/C=C2/SC(=O)N(CC(=O)Nc3ccc(C)c(Cl)c3)C2=O)c2ccccc12. The number of methoxy groups -OCH3 is 1. The monoisotopic (exact) mass is 466 g/mol. The number of carbonyl (C=O) groups is 3. The first-order valence-electron chi connectivity index (χ1n) is 9.74. The summed E-state index contributed by atoms with van der Waals surface area (Å²) in [5.74, 6) is -0.265. The third-order valence-corrected chi connectivity index (χ3v) is 6.37. The quantitative estimate of drug-likeness (QED) is 0.503. The molecule has 1 heterocycles. The van der Waals surface area contributed by atoms with Crippen LogP contribution in [0.25, 0.3) is 16.8 Å². The molecular weight excluding hydrogens is 448 g/mol. The molecule has 0 atom stereocenters. The van der Waals surface area contributed by atoms with E-state index >= 15 is 0 Å². The Morgan fingerprint density at radius 2 is 1.88 bits per heavy atom. The summed E-state index contributed by atoms with van der Waals surface area (Å²) in [5, 5.41) is 4.49. The van der Waals surface area contributed by atoms with Gasteiger partial charge >= 0.3 is 0 Å². The number of hydrogen-bond donors (Lipinski definition) is 1. The van der Waals surface area contributed by atoms with Crippen molar-refractivity contribution in [3.05, 3.63) is 75.7 Å². The van der Waals surface area contributed by atoms with Gasteiger partial charge in [-0.3, -0.25) is 19.3 Å². The molecule has 0 spiro atoms. The van der Waals surface area contributed by atoms with E-state index in [1.165, 1.54) is 0 Å². The molecule has 3 aromatic carbocycles. The fraction of sp³-hybridized carbons (Fsp3) is 0.125. The number of nitrogens with one attached hydrogen (secondary N) is 1. The third-order valence-electron chi connectivity index (χ3n) is 5.06. The van der Waals surface area contributed by atoms with Crippen molar-refractivity contribution in [3.63, 3.8) is 0 Å². The number of benzene rings is 3. The molecule has 0 saturated carbocycles. The van der Waals surface area contributed by atoms with Crippen LogP contribution in [0.1, 0.15) is 11.1 Å². The predicted molar refractivity (Wildman–Crippen MR) is 128 cm³/mol. The summed E-state index contributed by atoms with van der Waals surface area (Å²) in [5.41, 5.74) is 2.16. The molecule has 0 unspecified atom stereocenters. The molecular formula is C24H19ClN2O4S. The molecule has 32 heavy (non-hydrogen) atoms. The lowest BCUT2D eigenvalue weighted by Crippen LogP contribution is -2.36. The smallest absolute Gasteiger partial charge is 0.294 e. The highest BCUT2D eigenvalue weighted by molar-refractivity contribution is 8.18. The highest BCUT2D eigenvalue weighted by Crippen LogP contribution is 2.35. The molecule has 1 saturated heterocycles. The molecule has 1 fully saturated rings. The lowest BCUT2D eigenvalue weighted by Gasteiger charge is -2.13. The van der Waals surface area contributed by atoms with Gasteiger partial charge in [-0.15, -0.1) is 0 Å². The fourth-order valence-electron chi connectivity index (χ4n) is 3.39. The summed E-state index contributed by atoms with van der Waals surface area (Å²) in [6, 6.07) is 16.4. The van der Waals surface area contributed by atoms with Crippen LogP contribution in [0.3, 0.4) is 0 Å². The summed E-state index contributed by atoms with van der Waals surface area (Å²) in [6.07, 6.45) is 1.67. The Hall–Kier alpha value is -3.29. The first-order chi connectivity index (χ1) is 15.4. The number of amides is 3. The van der Waals surface area contributed by atoms with E-state index in [4.69, 9.17) is 16.3 Å². The zero-order chi connectivity index (χ0) is 22.8. The van der Waals surface area contributed by atoms with E-state index in [0.29, 0.717) is 10.7 Å². The normalized spacial score (nSPS) is 15.0. The number of hydrogen-bond acceptors (Lipinski definition) is 5. The van der Waals surface area contributed by atoms with Crippen LogP contribution in [0, 0.1) is 6.92 Å². The number of rotatable bonds is 5. The van der Waals surface area contributed by atoms with Gasteiger partial charge in [-0.05, 0) is 59.5 Å². The van der Waals surface area contributed by atoms with Crippen LogP contribution in [0.2, 0.25) is 5.02 Å². The van der Waals surface area contributed by atoms with Gasteiger partial charge in [0.05, 0.1) is 12.0 Å². The number of halogens is 1. The number of anilines is 1. The maximum Gasteiger partial charge on any atom is 0.294 e. The number of thioether (sulfide) groups is 1. The van der Waals surface area contributed by atoms with Gasteiger partial charge in [0.25, 0.3) is 11.1 Å². The molecule has 0 aromatic heterocycles. The van der Waals surface area contributed by atoms with E-state index in [-0.39, 0.29) is 11.4 Å². The van der Waals surface area contributed by atoms with Gasteiger partial charge in [0.1, 0.15) is 12.3 Å². The minimum Gasteiger partial charge on any atom is -0.496 e. The maximum atomic E-state index is 12.9. The Bertz CT molecular complexity index is 1290. The molecule has 6 nitrogen and oxygen atoms in total. The van der Waals surface area contributed by atoms with Crippen LogP contribution in [-0.4, -0.2) is 35.6 Å². The highest BCUT2D eigenvalue weighted by Gasteiger charge is 2.36. The van der Waals surface area contributed by atoms with Crippen molar-refractivity contribution in [2.75, 3.05) is 19.0 Å². The molecule has 1 aliphatic rings. The molecule has 0 radical (unpaired) electrons. The van der Waals surface area contributed by atoms with Crippen LogP contribution < -0.4 is 10.1 Å².